The van der Waals surface area contributed by atoms with E-state index in [-0.39, 0.29) is 5.91 Å². The summed E-state index contributed by atoms with van der Waals surface area (Å²) in [6.45, 7) is 5.76. The molecule has 1 aliphatic heterocycles. The van der Waals surface area contributed by atoms with Gasteiger partial charge in [0.05, 0.1) is 12.1 Å². The van der Waals surface area contributed by atoms with E-state index in [0.717, 1.165) is 11.3 Å². The lowest BCUT2D eigenvalue weighted by atomic mass is 10.1. The first-order valence-corrected chi connectivity index (χ1v) is 7.63. The molecule has 0 bridgehead atoms. The van der Waals surface area contributed by atoms with Crippen molar-refractivity contribution in [3.63, 3.8) is 0 Å². The van der Waals surface area contributed by atoms with Crippen LogP contribution in [0.15, 0.2) is 60.0 Å². The van der Waals surface area contributed by atoms with Gasteiger partial charge in [0.15, 0.2) is 17.4 Å². The number of nitrogens with zero attached hydrogens (tertiary/aromatic N) is 1. The maximum absolute atomic E-state index is 13.5. The van der Waals surface area contributed by atoms with Crippen LogP contribution >= 0.6 is 0 Å². The Kier molecular flexibility index (Phi) is 4.38. The maximum atomic E-state index is 13.5. The van der Waals surface area contributed by atoms with Crippen LogP contribution in [0.3, 0.4) is 0 Å². The zero-order valence-electron chi connectivity index (χ0n) is 13.6. The number of rotatable bonds is 4. The molecule has 6 nitrogen and oxygen atoms in total. The number of hydrogen-bond donors (Lipinski definition) is 4. The Bertz CT molecular complexity index is 912. The summed E-state index contributed by atoms with van der Waals surface area (Å²) in [5.41, 5.74) is 3.34. The largest absolute Gasteiger partial charge is 0.505 e. The minimum Gasteiger partial charge on any atom is -0.505 e. The molecule has 0 radical (unpaired) electrons. The Morgan fingerprint density at radius 3 is 2.96 bits per heavy atom. The summed E-state index contributed by atoms with van der Waals surface area (Å²) in [6.07, 6.45) is 3.91. The Morgan fingerprint density at radius 2 is 2.24 bits per heavy atom. The first-order valence-electron chi connectivity index (χ1n) is 7.63. The Hall–Kier alpha value is -3.35. The highest BCUT2D eigenvalue weighted by Gasteiger charge is 2.19. The maximum Gasteiger partial charge on any atom is 0.228 e. The molecule has 1 amide bonds. The van der Waals surface area contributed by atoms with Crippen molar-refractivity contribution in [2.24, 2.45) is 0 Å². The molecule has 2 heterocycles. The van der Waals surface area contributed by atoms with E-state index in [1.54, 1.807) is 18.2 Å². The van der Waals surface area contributed by atoms with E-state index in [2.05, 4.69) is 27.4 Å². The van der Waals surface area contributed by atoms with Crippen LogP contribution in [0.2, 0.25) is 0 Å². The lowest BCUT2D eigenvalue weighted by Gasteiger charge is -2.04. The van der Waals surface area contributed by atoms with Gasteiger partial charge in [-0.05, 0) is 36.8 Å². The first kappa shape index (κ1) is 16.5. The highest BCUT2D eigenvalue weighted by atomic mass is 19.1. The van der Waals surface area contributed by atoms with Crippen LogP contribution in [0, 0.1) is 5.82 Å². The average Bonchev–Trinajstić information content (AvgIpc) is 3.16. The van der Waals surface area contributed by atoms with Crippen LogP contribution < -0.4 is 10.6 Å². The molecule has 0 saturated carbocycles. The van der Waals surface area contributed by atoms with Crippen molar-refractivity contribution >= 4 is 11.7 Å². The zero-order chi connectivity index (χ0) is 18.0. The van der Waals surface area contributed by atoms with Crippen molar-refractivity contribution in [1.82, 2.24) is 15.5 Å². The molecule has 2 aromatic rings. The molecule has 0 atom stereocenters. The molecule has 1 fully saturated rings. The van der Waals surface area contributed by atoms with Crippen LogP contribution in [0.5, 0.6) is 5.75 Å². The van der Waals surface area contributed by atoms with Gasteiger partial charge in [0.2, 0.25) is 5.91 Å². The quantitative estimate of drug-likeness (QED) is 0.688. The van der Waals surface area contributed by atoms with Crippen LogP contribution in [0.25, 0.3) is 11.3 Å². The van der Waals surface area contributed by atoms with Crippen molar-refractivity contribution in [3.8, 4) is 17.0 Å². The van der Waals surface area contributed by atoms with Gasteiger partial charge in [0, 0.05) is 23.0 Å². The van der Waals surface area contributed by atoms with Crippen molar-refractivity contribution in [2.45, 2.75) is 13.3 Å². The van der Waals surface area contributed by atoms with E-state index in [9.17, 15) is 14.3 Å². The van der Waals surface area contributed by atoms with Crippen LogP contribution in [-0.4, -0.2) is 21.2 Å². The molecule has 1 aromatic carbocycles. The molecule has 1 aliphatic rings. The summed E-state index contributed by atoms with van der Waals surface area (Å²) in [6, 6.07) is 5.78. The summed E-state index contributed by atoms with van der Waals surface area (Å²) >= 11 is 0. The van der Waals surface area contributed by atoms with Gasteiger partial charge in [-0.2, -0.15) is 5.10 Å². The normalized spacial score (nSPS) is 17.1. The number of phenols is 1. The van der Waals surface area contributed by atoms with E-state index in [0.29, 0.717) is 29.2 Å². The molecule has 25 heavy (non-hydrogen) atoms. The van der Waals surface area contributed by atoms with Crippen molar-refractivity contribution in [3.05, 3.63) is 65.8 Å². The average molecular weight is 340 g/mol. The second-order valence-electron chi connectivity index (χ2n) is 5.58. The molecule has 0 aliphatic carbocycles. The molecule has 4 N–H and O–H groups in total. The predicted molar refractivity (Wildman–Crippen MR) is 93.0 cm³/mol. The Labute approximate surface area is 143 Å². The highest BCUT2D eigenvalue weighted by molar-refractivity contribution is 5.87. The number of phenolic OH excluding ortho intramolecular Hbond substituents is 1. The third kappa shape index (κ3) is 3.60. The number of aromatic nitrogens is 2. The summed E-state index contributed by atoms with van der Waals surface area (Å²) in [5, 5.41) is 21.9. The van der Waals surface area contributed by atoms with E-state index in [1.807, 2.05) is 13.0 Å². The van der Waals surface area contributed by atoms with Gasteiger partial charge >= 0.3 is 0 Å². The van der Waals surface area contributed by atoms with Crippen LogP contribution in [0.1, 0.15) is 13.3 Å². The van der Waals surface area contributed by atoms with Gasteiger partial charge in [-0.25, -0.2) is 4.39 Å². The highest BCUT2D eigenvalue weighted by Crippen LogP contribution is 2.26. The lowest BCUT2D eigenvalue weighted by Crippen LogP contribution is -2.11. The summed E-state index contributed by atoms with van der Waals surface area (Å²) in [7, 11) is 0. The first-order chi connectivity index (χ1) is 12.0. The molecule has 0 unspecified atom stereocenters. The standard InChI is InChI=1S/C18H17FN4O2/c1-3-14-12(8-18(25)21-14)6-10(2)20-17-9-15(22-23-17)11-4-5-16(24)13(19)7-11/h3-7,9,24H,2,8H2,1H3,(H,21,25)(H2,20,22,23)/b12-6-,14-3+. The van der Waals surface area contributed by atoms with Gasteiger partial charge in [0.1, 0.15) is 0 Å². The number of hydrogen-bond acceptors (Lipinski definition) is 4. The van der Waals surface area contributed by atoms with Gasteiger partial charge in [-0.1, -0.05) is 12.7 Å². The Balaban J connectivity index is 1.74. The van der Waals surface area contributed by atoms with Crippen LogP contribution in [-0.2, 0) is 4.79 Å². The monoisotopic (exact) mass is 340 g/mol. The number of carbonyl (C=O) groups excluding carboxylic acids is 1. The van der Waals surface area contributed by atoms with E-state index < -0.39 is 11.6 Å². The van der Waals surface area contributed by atoms with Crippen molar-refractivity contribution in [1.29, 1.82) is 0 Å². The third-order valence-electron chi connectivity index (χ3n) is 3.73. The summed E-state index contributed by atoms with van der Waals surface area (Å²) < 4.78 is 13.5. The summed E-state index contributed by atoms with van der Waals surface area (Å²) in [4.78, 5) is 11.5. The number of carbonyl (C=O) groups is 1. The third-order valence-corrected chi connectivity index (χ3v) is 3.73. The lowest BCUT2D eigenvalue weighted by molar-refractivity contribution is -0.118. The topological polar surface area (TPSA) is 90.0 Å². The number of halogens is 1. The fraction of sp³-hybridized carbons (Fsp3) is 0.111. The molecule has 3 rings (SSSR count). The smallest absolute Gasteiger partial charge is 0.228 e. The second-order valence-corrected chi connectivity index (χ2v) is 5.58. The number of nitrogens with one attached hydrogen (secondary N) is 3. The molecule has 1 aromatic heterocycles. The predicted octanol–water partition coefficient (Wildman–Crippen LogP) is 3.20. The number of anilines is 1. The molecule has 7 heteroatoms. The van der Waals surface area contributed by atoms with E-state index in [1.165, 1.54) is 12.1 Å². The van der Waals surface area contributed by atoms with Crippen molar-refractivity contribution < 1.29 is 14.3 Å². The van der Waals surface area contributed by atoms with Gasteiger partial charge in [-0.3, -0.25) is 9.89 Å². The van der Waals surface area contributed by atoms with Gasteiger partial charge in [0.25, 0.3) is 0 Å². The van der Waals surface area contributed by atoms with Gasteiger partial charge < -0.3 is 15.7 Å². The zero-order valence-corrected chi connectivity index (χ0v) is 13.6. The second kappa shape index (κ2) is 6.64. The van der Waals surface area contributed by atoms with E-state index in [4.69, 9.17) is 0 Å². The number of amides is 1. The number of aromatic hydroxyl groups is 1. The molecular weight excluding hydrogens is 323 g/mol. The molecule has 0 spiro atoms. The van der Waals surface area contributed by atoms with E-state index >= 15 is 0 Å². The fourth-order valence-corrected chi connectivity index (χ4v) is 2.55. The van der Waals surface area contributed by atoms with Crippen LogP contribution in [0.4, 0.5) is 10.2 Å². The number of benzene rings is 1. The fourth-order valence-electron chi connectivity index (χ4n) is 2.55. The minimum atomic E-state index is -0.701. The van der Waals surface area contributed by atoms with Gasteiger partial charge in [-0.15, -0.1) is 0 Å². The summed E-state index contributed by atoms with van der Waals surface area (Å²) in [5.74, 6) is -0.651. The molecule has 1 saturated heterocycles. The molecule has 128 valence electrons. The SMILES string of the molecule is C=C(/C=C1/CC(=O)N/C1=C/C)Nc1cc(-c2ccc(O)c(F)c2)[nH]n1. The minimum absolute atomic E-state index is 0.0523. The number of allylic oxidation sites excluding steroid dienone is 3. The molecular formula is C18H17FN4O2. The number of aromatic amines is 1. The van der Waals surface area contributed by atoms with Crippen molar-refractivity contribution in [2.75, 3.05) is 5.32 Å². The Morgan fingerprint density at radius 1 is 1.44 bits per heavy atom. The number of H-pyrrole nitrogens is 1.